The molecular formula is C11H12BrNO4S2. The maximum Gasteiger partial charge on any atom is 0.325 e. The Morgan fingerprint density at radius 3 is 2.74 bits per heavy atom. The summed E-state index contributed by atoms with van der Waals surface area (Å²) in [5.74, 6) is -0.251. The van der Waals surface area contributed by atoms with Crippen molar-refractivity contribution in [2.45, 2.75) is 16.9 Å². The van der Waals surface area contributed by atoms with E-state index in [0.29, 0.717) is 16.6 Å². The lowest BCUT2D eigenvalue weighted by Gasteiger charge is -2.24. The van der Waals surface area contributed by atoms with E-state index >= 15 is 0 Å². The highest BCUT2D eigenvalue weighted by atomic mass is 79.9. The van der Waals surface area contributed by atoms with Crippen LogP contribution in [0.2, 0.25) is 0 Å². The number of aliphatic carboxylic acids is 1. The van der Waals surface area contributed by atoms with Gasteiger partial charge in [0.05, 0.1) is 4.90 Å². The van der Waals surface area contributed by atoms with Crippen molar-refractivity contribution in [1.29, 1.82) is 0 Å². The molecule has 0 aliphatic carbocycles. The number of hydrogen-bond donors (Lipinski definition) is 2. The van der Waals surface area contributed by atoms with E-state index in [1.165, 1.54) is 23.9 Å². The topological polar surface area (TPSA) is 83.5 Å². The summed E-state index contributed by atoms with van der Waals surface area (Å²) in [6.45, 7) is 0. The van der Waals surface area contributed by atoms with Crippen molar-refractivity contribution in [1.82, 2.24) is 4.72 Å². The second kappa shape index (κ2) is 5.43. The normalized spacial score (nSPS) is 23.4. The van der Waals surface area contributed by atoms with Crippen LogP contribution in [0.4, 0.5) is 0 Å². The summed E-state index contributed by atoms with van der Waals surface area (Å²) in [4.78, 5) is 11.4. The van der Waals surface area contributed by atoms with Gasteiger partial charge in [-0.05, 0) is 30.4 Å². The second-order valence-corrected chi connectivity index (χ2v) is 7.96. The number of rotatable bonds is 4. The largest absolute Gasteiger partial charge is 0.480 e. The zero-order chi connectivity index (χ0) is 14.1. The molecule has 2 rings (SSSR count). The van der Waals surface area contributed by atoms with Gasteiger partial charge in [-0.3, -0.25) is 4.79 Å². The van der Waals surface area contributed by atoms with Gasteiger partial charge in [0.15, 0.2) is 0 Å². The minimum absolute atomic E-state index is 0.0550. The Balaban J connectivity index is 2.33. The summed E-state index contributed by atoms with van der Waals surface area (Å²) in [5, 5.41) is 9.28. The molecule has 2 N–H and O–H groups in total. The molecule has 8 heteroatoms. The fraction of sp³-hybridized carbons (Fsp3) is 0.364. The van der Waals surface area contributed by atoms with Crippen LogP contribution in [0.15, 0.2) is 33.6 Å². The van der Waals surface area contributed by atoms with Crippen LogP contribution in [0.25, 0.3) is 0 Å². The Morgan fingerprint density at radius 2 is 2.21 bits per heavy atom. The Morgan fingerprint density at radius 1 is 1.47 bits per heavy atom. The number of carboxylic acids is 1. The van der Waals surface area contributed by atoms with Gasteiger partial charge in [-0.2, -0.15) is 16.5 Å². The number of carbonyl (C=O) groups is 1. The number of benzene rings is 1. The summed E-state index contributed by atoms with van der Waals surface area (Å²) >= 11 is 4.63. The lowest BCUT2D eigenvalue weighted by molar-refractivity contribution is -0.142. The molecule has 104 valence electrons. The Kier molecular flexibility index (Phi) is 4.24. The molecule has 1 unspecified atom stereocenters. The van der Waals surface area contributed by atoms with E-state index in [-0.39, 0.29) is 10.6 Å². The van der Waals surface area contributed by atoms with E-state index in [0.717, 1.165) is 0 Å². The third-order valence-corrected chi connectivity index (χ3v) is 6.08. The summed E-state index contributed by atoms with van der Waals surface area (Å²) in [7, 11) is -3.84. The fourth-order valence-electron chi connectivity index (χ4n) is 1.81. The standard InChI is InChI=1S/C11H12BrNO4S2/c12-8-2-1-3-9(6-8)19(16,17)13-11(10(14)15)4-5-18-7-11/h1-3,6,13H,4-5,7H2,(H,14,15). The van der Waals surface area contributed by atoms with Gasteiger partial charge in [0, 0.05) is 10.2 Å². The molecule has 1 atom stereocenters. The van der Waals surface area contributed by atoms with Gasteiger partial charge in [0.2, 0.25) is 10.0 Å². The molecule has 1 heterocycles. The lowest BCUT2D eigenvalue weighted by atomic mass is 10.0. The van der Waals surface area contributed by atoms with Crippen molar-refractivity contribution in [2.75, 3.05) is 11.5 Å². The Labute approximate surface area is 124 Å². The summed E-state index contributed by atoms with van der Waals surface area (Å²) in [6, 6.07) is 6.18. The first-order valence-corrected chi connectivity index (χ1v) is 8.89. The van der Waals surface area contributed by atoms with Gasteiger partial charge in [0.25, 0.3) is 0 Å². The van der Waals surface area contributed by atoms with Crippen LogP contribution in [0.1, 0.15) is 6.42 Å². The predicted molar refractivity (Wildman–Crippen MR) is 76.8 cm³/mol. The molecule has 0 aromatic heterocycles. The zero-order valence-corrected chi connectivity index (χ0v) is 13.0. The Hall–Kier alpha value is -0.570. The molecule has 1 saturated heterocycles. The maximum atomic E-state index is 12.2. The smallest absolute Gasteiger partial charge is 0.325 e. The lowest BCUT2D eigenvalue weighted by Crippen LogP contribution is -2.54. The molecule has 5 nitrogen and oxygen atoms in total. The summed E-state index contributed by atoms with van der Waals surface area (Å²) < 4.78 is 27.5. The van der Waals surface area contributed by atoms with Crippen molar-refractivity contribution in [3.8, 4) is 0 Å². The molecule has 1 aromatic rings. The third-order valence-electron chi connectivity index (χ3n) is 2.87. The number of nitrogens with one attached hydrogen (secondary N) is 1. The van der Waals surface area contributed by atoms with Gasteiger partial charge < -0.3 is 5.11 Å². The fourth-order valence-corrected chi connectivity index (χ4v) is 5.21. The highest BCUT2D eigenvalue weighted by Gasteiger charge is 2.45. The second-order valence-electron chi connectivity index (χ2n) is 4.25. The van der Waals surface area contributed by atoms with Gasteiger partial charge in [0.1, 0.15) is 5.54 Å². The first-order valence-electron chi connectivity index (χ1n) is 5.46. The van der Waals surface area contributed by atoms with E-state index in [1.54, 1.807) is 12.1 Å². The minimum Gasteiger partial charge on any atom is -0.480 e. The average Bonchev–Trinajstić information content (AvgIpc) is 2.78. The predicted octanol–water partition coefficient (Wildman–Crippen LogP) is 1.69. The molecule has 1 aromatic carbocycles. The van der Waals surface area contributed by atoms with E-state index in [1.807, 2.05) is 0 Å². The summed E-state index contributed by atoms with van der Waals surface area (Å²) in [5.41, 5.74) is -1.40. The van der Waals surface area contributed by atoms with Crippen LogP contribution in [0, 0.1) is 0 Å². The Bertz CT molecular complexity index is 596. The zero-order valence-electron chi connectivity index (χ0n) is 9.80. The quantitative estimate of drug-likeness (QED) is 0.847. The first-order chi connectivity index (χ1) is 8.86. The van der Waals surface area contributed by atoms with Crippen LogP contribution < -0.4 is 4.72 Å². The first kappa shape index (κ1) is 14.8. The molecule has 0 saturated carbocycles. The highest BCUT2D eigenvalue weighted by molar-refractivity contribution is 9.10. The molecule has 1 fully saturated rings. The van der Waals surface area contributed by atoms with E-state index < -0.39 is 21.5 Å². The molecule has 0 amide bonds. The molecule has 1 aliphatic heterocycles. The number of hydrogen-bond acceptors (Lipinski definition) is 4. The average molecular weight is 366 g/mol. The molecule has 0 spiro atoms. The van der Waals surface area contributed by atoms with E-state index in [2.05, 4.69) is 20.7 Å². The third kappa shape index (κ3) is 3.13. The van der Waals surface area contributed by atoms with Crippen LogP contribution >= 0.6 is 27.7 Å². The number of halogens is 1. The van der Waals surface area contributed by atoms with E-state index in [9.17, 15) is 18.3 Å². The van der Waals surface area contributed by atoms with Crippen LogP contribution in [-0.2, 0) is 14.8 Å². The van der Waals surface area contributed by atoms with Crippen molar-refractivity contribution >= 4 is 43.7 Å². The van der Waals surface area contributed by atoms with Crippen LogP contribution in [-0.4, -0.2) is 36.5 Å². The number of thioether (sulfide) groups is 1. The van der Waals surface area contributed by atoms with Gasteiger partial charge >= 0.3 is 5.97 Å². The van der Waals surface area contributed by atoms with Crippen molar-refractivity contribution in [3.63, 3.8) is 0 Å². The van der Waals surface area contributed by atoms with Gasteiger partial charge in [-0.25, -0.2) is 8.42 Å². The van der Waals surface area contributed by atoms with Gasteiger partial charge in [-0.1, -0.05) is 22.0 Å². The monoisotopic (exact) mass is 365 g/mol. The molecule has 0 bridgehead atoms. The van der Waals surface area contributed by atoms with Crippen molar-refractivity contribution < 1.29 is 18.3 Å². The molecule has 1 aliphatic rings. The number of carboxylic acid groups (broad SMARTS) is 1. The van der Waals surface area contributed by atoms with Gasteiger partial charge in [-0.15, -0.1) is 0 Å². The molecular weight excluding hydrogens is 354 g/mol. The maximum absolute atomic E-state index is 12.2. The van der Waals surface area contributed by atoms with E-state index in [4.69, 9.17) is 0 Å². The number of sulfonamides is 1. The highest BCUT2D eigenvalue weighted by Crippen LogP contribution is 2.30. The van der Waals surface area contributed by atoms with Crippen LogP contribution in [0.5, 0.6) is 0 Å². The van der Waals surface area contributed by atoms with Crippen LogP contribution in [0.3, 0.4) is 0 Å². The minimum atomic E-state index is -3.84. The van der Waals surface area contributed by atoms with Crippen molar-refractivity contribution in [2.24, 2.45) is 0 Å². The van der Waals surface area contributed by atoms with Crippen molar-refractivity contribution in [3.05, 3.63) is 28.7 Å². The molecule has 0 radical (unpaired) electrons. The molecule has 19 heavy (non-hydrogen) atoms. The SMILES string of the molecule is O=C(O)C1(NS(=O)(=O)c2cccc(Br)c2)CCSC1. The summed E-state index contributed by atoms with van der Waals surface area (Å²) in [6.07, 6.45) is 0.292.